The number of hydrogen-bond acceptors (Lipinski definition) is 2. The highest BCUT2D eigenvalue weighted by Gasteiger charge is 2.44. The van der Waals surface area contributed by atoms with Crippen LogP contribution in [0.5, 0.6) is 0 Å². The number of carbonyl (C=O) groups excluding carboxylic acids is 1. The fraction of sp³-hybridized carbons (Fsp3) is 0.632. The molecular formula is C19H26F2N2O. The van der Waals surface area contributed by atoms with Crippen molar-refractivity contribution in [2.24, 2.45) is 11.8 Å². The molecule has 1 amide bonds. The van der Waals surface area contributed by atoms with Crippen LogP contribution in [0.15, 0.2) is 12.1 Å². The predicted octanol–water partition coefficient (Wildman–Crippen LogP) is 3.46. The highest BCUT2D eigenvalue weighted by atomic mass is 19.2. The Kier molecular flexibility index (Phi) is 4.65. The number of hydrogen-bond donors (Lipinski definition) is 0. The second-order valence-corrected chi connectivity index (χ2v) is 7.71. The molecule has 1 aromatic rings. The van der Waals surface area contributed by atoms with Gasteiger partial charge in [-0.25, -0.2) is 8.78 Å². The normalized spacial score (nSPS) is 29.1. The number of amides is 1. The van der Waals surface area contributed by atoms with Crippen LogP contribution in [0.2, 0.25) is 0 Å². The Morgan fingerprint density at radius 1 is 0.958 bits per heavy atom. The van der Waals surface area contributed by atoms with Crippen LogP contribution in [0.1, 0.15) is 41.6 Å². The SMILES string of the molecule is Cc1ccc(C(=O)N(C)C2C[C@H]3CC(N(C)C)C[C@H]3C2)c(F)c1F. The lowest BCUT2D eigenvalue weighted by atomic mass is 10.0. The predicted molar refractivity (Wildman–Crippen MR) is 89.9 cm³/mol. The summed E-state index contributed by atoms with van der Waals surface area (Å²) >= 11 is 0. The summed E-state index contributed by atoms with van der Waals surface area (Å²) in [6.45, 7) is 1.50. The summed E-state index contributed by atoms with van der Waals surface area (Å²) in [6, 6.07) is 3.61. The largest absolute Gasteiger partial charge is 0.339 e. The Balaban J connectivity index is 1.69. The maximum Gasteiger partial charge on any atom is 0.256 e. The molecule has 3 rings (SSSR count). The summed E-state index contributed by atoms with van der Waals surface area (Å²) in [7, 11) is 5.95. The van der Waals surface area contributed by atoms with Crippen molar-refractivity contribution in [2.45, 2.75) is 44.7 Å². The minimum atomic E-state index is -1.03. The first-order valence-electron chi connectivity index (χ1n) is 8.67. The Hall–Kier alpha value is -1.49. The van der Waals surface area contributed by atoms with E-state index in [9.17, 15) is 13.6 Å². The van der Waals surface area contributed by atoms with Gasteiger partial charge in [0.1, 0.15) is 0 Å². The molecule has 2 unspecified atom stereocenters. The molecule has 1 aromatic carbocycles. The summed E-state index contributed by atoms with van der Waals surface area (Å²) in [4.78, 5) is 16.5. The number of carbonyl (C=O) groups is 1. The molecule has 0 radical (unpaired) electrons. The summed E-state index contributed by atoms with van der Waals surface area (Å²) in [5, 5.41) is 0. The Morgan fingerprint density at radius 2 is 1.50 bits per heavy atom. The van der Waals surface area contributed by atoms with Crippen LogP contribution in [0.4, 0.5) is 8.78 Å². The molecule has 3 nitrogen and oxygen atoms in total. The van der Waals surface area contributed by atoms with Crippen molar-refractivity contribution in [1.82, 2.24) is 9.80 Å². The quantitative estimate of drug-likeness (QED) is 0.844. The Morgan fingerprint density at radius 3 is 2.04 bits per heavy atom. The molecule has 2 saturated carbocycles. The summed E-state index contributed by atoms with van der Waals surface area (Å²) < 4.78 is 27.9. The van der Waals surface area contributed by atoms with E-state index < -0.39 is 17.5 Å². The maximum atomic E-state index is 14.1. The standard InChI is InChI=1S/C19H26F2N2O/c1-11-5-6-16(18(21)17(11)20)19(24)23(4)15-9-12-7-14(22(2)3)8-13(12)10-15/h5-6,12-15H,7-10H2,1-4H3/t12-,13+,14?,15?. The summed E-state index contributed by atoms with van der Waals surface area (Å²) in [6.07, 6.45) is 4.27. The minimum Gasteiger partial charge on any atom is -0.339 e. The van der Waals surface area contributed by atoms with E-state index in [2.05, 4.69) is 19.0 Å². The van der Waals surface area contributed by atoms with Gasteiger partial charge in [0.15, 0.2) is 11.6 Å². The zero-order valence-corrected chi connectivity index (χ0v) is 14.9. The highest BCUT2D eigenvalue weighted by molar-refractivity contribution is 5.94. The number of halogens is 2. The van der Waals surface area contributed by atoms with E-state index in [1.165, 1.54) is 31.9 Å². The average Bonchev–Trinajstić information content (AvgIpc) is 3.10. The zero-order chi connectivity index (χ0) is 17.6. The molecule has 2 aliphatic rings. The smallest absolute Gasteiger partial charge is 0.256 e. The molecule has 24 heavy (non-hydrogen) atoms. The van der Waals surface area contributed by atoms with E-state index >= 15 is 0 Å². The highest BCUT2D eigenvalue weighted by Crippen LogP contribution is 2.46. The van der Waals surface area contributed by atoms with Gasteiger partial charge in [0, 0.05) is 19.1 Å². The lowest BCUT2D eigenvalue weighted by Gasteiger charge is -2.27. The van der Waals surface area contributed by atoms with E-state index in [1.807, 2.05) is 0 Å². The summed E-state index contributed by atoms with van der Waals surface area (Å²) in [5.41, 5.74) is 0.0562. The molecule has 0 aromatic heterocycles. The van der Waals surface area contributed by atoms with Gasteiger partial charge in [0.05, 0.1) is 5.56 Å². The molecule has 0 saturated heterocycles. The van der Waals surface area contributed by atoms with Gasteiger partial charge in [-0.15, -0.1) is 0 Å². The fourth-order valence-electron chi connectivity index (χ4n) is 4.46. The minimum absolute atomic E-state index is 0.124. The fourth-order valence-corrected chi connectivity index (χ4v) is 4.46. The molecular weight excluding hydrogens is 310 g/mol. The first-order chi connectivity index (χ1) is 11.3. The molecule has 132 valence electrons. The van der Waals surface area contributed by atoms with Crippen molar-refractivity contribution in [3.63, 3.8) is 0 Å². The van der Waals surface area contributed by atoms with Crippen LogP contribution >= 0.6 is 0 Å². The molecule has 0 spiro atoms. The Labute approximate surface area is 142 Å². The van der Waals surface area contributed by atoms with E-state index in [1.54, 1.807) is 11.9 Å². The summed E-state index contributed by atoms with van der Waals surface area (Å²) in [5.74, 6) is -1.10. The van der Waals surface area contributed by atoms with Crippen molar-refractivity contribution < 1.29 is 13.6 Å². The van der Waals surface area contributed by atoms with Crippen LogP contribution in [-0.2, 0) is 0 Å². The van der Waals surface area contributed by atoms with E-state index in [-0.39, 0.29) is 17.2 Å². The second-order valence-electron chi connectivity index (χ2n) is 7.71. The van der Waals surface area contributed by atoms with Crippen LogP contribution in [0, 0.1) is 30.4 Å². The first kappa shape index (κ1) is 17.3. The third kappa shape index (κ3) is 2.94. The van der Waals surface area contributed by atoms with E-state index in [0.29, 0.717) is 17.9 Å². The number of rotatable bonds is 3. The van der Waals surface area contributed by atoms with Crippen LogP contribution < -0.4 is 0 Å². The molecule has 2 aliphatic carbocycles. The number of benzene rings is 1. The molecule has 0 bridgehead atoms. The van der Waals surface area contributed by atoms with E-state index in [4.69, 9.17) is 0 Å². The molecule has 0 heterocycles. The van der Waals surface area contributed by atoms with Crippen molar-refractivity contribution in [3.05, 3.63) is 34.9 Å². The monoisotopic (exact) mass is 336 g/mol. The van der Waals surface area contributed by atoms with Gasteiger partial charge in [0.2, 0.25) is 0 Å². The van der Waals surface area contributed by atoms with Crippen LogP contribution in [0.3, 0.4) is 0 Å². The van der Waals surface area contributed by atoms with Crippen LogP contribution in [-0.4, -0.2) is 48.9 Å². The van der Waals surface area contributed by atoms with Crippen molar-refractivity contribution in [3.8, 4) is 0 Å². The third-order valence-electron chi connectivity index (χ3n) is 6.07. The average molecular weight is 336 g/mol. The lowest BCUT2D eigenvalue weighted by molar-refractivity contribution is 0.0720. The van der Waals surface area contributed by atoms with Crippen molar-refractivity contribution in [2.75, 3.05) is 21.1 Å². The van der Waals surface area contributed by atoms with Gasteiger partial charge in [-0.1, -0.05) is 6.07 Å². The topological polar surface area (TPSA) is 23.6 Å². The van der Waals surface area contributed by atoms with Gasteiger partial charge in [-0.3, -0.25) is 4.79 Å². The van der Waals surface area contributed by atoms with E-state index in [0.717, 1.165) is 12.8 Å². The molecule has 2 fully saturated rings. The number of nitrogens with zero attached hydrogens (tertiary/aromatic N) is 2. The van der Waals surface area contributed by atoms with Gasteiger partial charge >= 0.3 is 0 Å². The number of fused-ring (bicyclic) bond motifs is 1. The molecule has 5 heteroatoms. The molecule has 0 N–H and O–H groups in total. The van der Waals surface area contributed by atoms with Gasteiger partial charge in [-0.05, 0) is 70.2 Å². The van der Waals surface area contributed by atoms with Crippen molar-refractivity contribution in [1.29, 1.82) is 0 Å². The second kappa shape index (κ2) is 6.43. The van der Waals surface area contributed by atoms with Gasteiger partial charge in [-0.2, -0.15) is 0 Å². The lowest BCUT2D eigenvalue weighted by Crippen LogP contribution is -2.37. The molecule has 4 atom stereocenters. The zero-order valence-electron chi connectivity index (χ0n) is 14.9. The maximum absolute atomic E-state index is 14.1. The van der Waals surface area contributed by atoms with Gasteiger partial charge < -0.3 is 9.80 Å². The van der Waals surface area contributed by atoms with Gasteiger partial charge in [0.25, 0.3) is 5.91 Å². The first-order valence-corrected chi connectivity index (χ1v) is 8.67. The molecule has 0 aliphatic heterocycles. The third-order valence-corrected chi connectivity index (χ3v) is 6.07. The van der Waals surface area contributed by atoms with Crippen molar-refractivity contribution >= 4 is 5.91 Å². The Bertz CT molecular complexity index is 632. The number of aryl methyl sites for hydroxylation is 1. The van der Waals surface area contributed by atoms with Crippen LogP contribution in [0.25, 0.3) is 0 Å².